The molecular formula is C20H42O2. The Hall–Kier alpha value is -0.0800. The van der Waals surface area contributed by atoms with Gasteiger partial charge in [0.15, 0.2) is 0 Å². The maximum absolute atomic E-state index is 9.96. The van der Waals surface area contributed by atoms with E-state index in [1.807, 2.05) is 0 Å². The number of rotatable bonds is 17. The summed E-state index contributed by atoms with van der Waals surface area (Å²) in [6.07, 6.45) is 18.7. The maximum Gasteiger partial charge on any atom is 0.0540 e. The Morgan fingerprint density at radius 1 is 0.455 bits per heavy atom. The summed E-state index contributed by atoms with van der Waals surface area (Å²) in [5.41, 5.74) is 0. The lowest BCUT2D eigenvalue weighted by molar-refractivity contribution is 0.133. The molecule has 2 heteroatoms. The summed E-state index contributed by atoms with van der Waals surface area (Å²) in [6, 6.07) is 0. The molecule has 2 unspecified atom stereocenters. The van der Waals surface area contributed by atoms with E-state index in [0.29, 0.717) is 0 Å². The monoisotopic (exact) mass is 314 g/mol. The van der Waals surface area contributed by atoms with E-state index in [4.69, 9.17) is 0 Å². The third-order valence-corrected chi connectivity index (χ3v) is 4.59. The van der Waals surface area contributed by atoms with Gasteiger partial charge in [0.2, 0.25) is 0 Å². The van der Waals surface area contributed by atoms with Crippen molar-refractivity contribution < 1.29 is 10.2 Å². The molecule has 0 radical (unpaired) electrons. The van der Waals surface area contributed by atoms with Crippen molar-refractivity contribution in [3.63, 3.8) is 0 Å². The zero-order chi connectivity index (χ0) is 16.5. The van der Waals surface area contributed by atoms with Gasteiger partial charge in [-0.05, 0) is 25.7 Å². The van der Waals surface area contributed by atoms with Crippen LogP contribution in [0.25, 0.3) is 0 Å². The fourth-order valence-electron chi connectivity index (χ4n) is 3.07. The molecule has 0 rings (SSSR count). The minimum absolute atomic E-state index is 0.118. The van der Waals surface area contributed by atoms with E-state index in [1.165, 1.54) is 57.8 Å². The van der Waals surface area contributed by atoms with Crippen molar-refractivity contribution in [3.05, 3.63) is 0 Å². The lowest BCUT2D eigenvalue weighted by atomic mass is 10.0. The molecule has 0 aliphatic heterocycles. The zero-order valence-corrected chi connectivity index (χ0v) is 15.4. The fraction of sp³-hybridized carbons (Fsp3) is 1.00. The highest BCUT2D eigenvalue weighted by Gasteiger charge is 2.06. The van der Waals surface area contributed by atoms with Gasteiger partial charge in [-0.15, -0.1) is 0 Å². The van der Waals surface area contributed by atoms with E-state index in [9.17, 15) is 10.2 Å². The number of aliphatic hydroxyl groups excluding tert-OH is 2. The number of hydrogen-bond acceptors (Lipinski definition) is 2. The quantitative estimate of drug-likeness (QED) is 0.324. The second-order valence-electron chi connectivity index (χ2n) is 7.00. The van der Waals surface area contributed by atoms with Gasteiger partial charge in [0.1, 0.15) is 0 Å². The molecule has 2 N–H and O–H groups in total. The summed E-state index contributed by atoms with van der Waals surface area (Å²) < 4.78 is 0. The van der Waals surface area contributed by atoms with Gasteiger partial charge < -0.3 is 10.2 Å². The minimum Gasteiger partial charge on any atom is -0.393 e. The molecule has 0 aliphatic rings. The molecule has 2 atom stereocenters. The van der Waals surface area contributed by atoms with Crippen molar-refractivity contribution in [3.8, 4) is 0 Å². The normalized spacial score (nSPS) is 14.2. The Labute approximate surface area is 139 Å². The molecule has 22 heavy (non-hydrogen) atoms. The molecule has 0 fully saturated rings. The number of aliphatic hydroxyl groups is 2. The molecule has 2 nitrogen and oxygen atoms in total. The Kier molecular flexibility index (Phi) is 17.2. The SMILES string of the molecule is CCCCCCCCCCCC(O)CCCCC(O)CCC. The van der Waals surface area contributed by atoms with E-state index in [1.54, 1.807) is 0 Å². The lowest BCUT2D eigenvalue weighted by Crippen LogP contribution is -2.08. The first-order valence-electron chi connectivity index (χ1n) is 10.1. The fourth-order valence-corrected chi connectivity index (χ4v) is 3.07. The first-order chi connectivity index (χ1) is 10.7. The van der Waals surface area contributed by atoms with E-state index in [2.05, 4.69) is 13.8 Å². The highest BCUT2D eigenvalue weighted by molar-refractivity contribution is 4.60. The topological polar surface area (TPSA) is 40.5 Å². The van der Waals surface area contributed by atoms with Crippen molar-refractivity contribution in [1.82, 2.24) is 0 Å². The summed E-state index contributed by atoms with van der Waals surface area (Å²) in [7, 11) is 0. The van der Waals surface area contributed by atoms with Gasteiger partial charge in [-0.3, -0.25) is 0 Å². The van der Waals surface area contributed by atoms with Gasteiger partial charge in [0.25, 0.3) is 0 Å². The second kappa shape index (κ2) is 17.3. The van der Waals surface area contributed by atoms with Crippen LogP contribution in [0.3, 0.4) is 0 Å². The van der Waals surface area contributed by atoms with Crippen LogP contribution in [0.15, 0.2) is 0 Å². The second-order valence-corrected chi connectivity index (χ2v) is 7.00. The maximum atomic E-state index is 9.96. The van der Waals surface area contributed by atoms with Crippen LogP contribution in [0, 0.1) is 0 Å². The van der Waals surface area contributed by atoms with Gasteiger partial charge in [-0.2, -0.15) is 0 Å². The smallest absolute Gasteiger partial charge is 0.0540 e. The molecule has 0 aromatic carbocycles. The van der Waals surface area contributed by atoms with Gasteiger partial charge in [-0.25, -0.2) is 0 Å². The van der Waals surface area contributed by atoms with Crippen LogP contribution in [0.2, 0.25) is 0 Å². The molecule has 0 amide bonds. The Balaban J connectivity index is 3.20. The molecule has 0 saturated heterocycles. The highest BCUT2D eigenvalue weighted by Crippen LogP contribution is 2.15. The van der Waals surface area contributed by atoms with Crippen molar-refractivity contribution in [2.45, 2.75) is 129 Å². The van der Waals surface area contributed by atoms with Crippen LogP contribution >= 0.6 is 0 Å². The summed E-state index contributed by atoms with van der Waals surface area (Å²) in [4.78, 5) is 0. The zero-order valence-electron chi connectivity index (χ0n) is 15.4. The largest absolute Gasteiger partial charge is 0.393 e. The van der Waals surface area contributed by atoms with Gasteiger partial charge in [0.05, 0.1) is 12.2 Å². The molecule has 0 saturated carbocycles. The van der Waals surface area contributed by atoms with E-state index in [-0.39, 0.29) is 12.2 Å². The predicted octanol–water partition coefficient (Wildman–Crippen LogP) is 5.99. The molecule has 0 bridgehead atoms. The third kappa shape index (κ3) is 16.3. The minimum atomic E-state index is -0.125. The van der Waals surface area contributed by atoms with Crippen molar-refractivity contribution in [2.75, 3.05) is 0 Å². The van der Waals surface area contributed by atoms with Crippen LogP contribution < -0.4 is 0 Å². The Morgan fingerprint density at radius 2 is 0.818 bits per heavy atom. The van der Waals surface area contributed by atoms with Crippen molar-refractivity contribution >= 4 is 0 Å². The molecule has 134 valence electrons. The van der Waals surface area contributed by atoms with Crippen molar-refractivity contribution in [2.24, 2.45) is 0 Å². The molecule has 0 aromatic rings. The summed E-state index contributed by atoms with van der Waals surface area (Å²) in [5, 5.41) is 19.6. The average Bonchev–Trinajstić information content (AvgIpc) is 2.50. The van der Waals surface area contributed by atoms with Crippen molar-refractivity contribution in [1.29, 1.82) is 0 Å². The molecule has 0 spiro atoms. The van der Waals surface area contributed by atoms with E-state index >= 15 is 0 Å². The average molecular weight is 315 g/mol. The van der Waals surface area contributed by atoms with Crippen LogP contribution in [0.1, 0.15) is 117 Å². The van der Waals surface area contributed by atoms with Crippen LogP contribution in [-0.2, 0) is 0 Å². The molecule has 0 aromatic heterocycles. The molecular weight excluding hydrogens is 272 g/mol. The van der Waals surface area contributed by atoms with Crippen LogP contribution in [0.5, 0.6) is 0 Å². The summed E-state index contributed by atoms with van der Waals surface area (Å²) in [5.74, 6) is 0. The Bertz CT molecular complexity index is 206. The Morgan fingerprint density at radius 3 is 1.27 bits per heavy atom. The standard InChI is InChI=1S/C20H42O2/c1-3-5-6-7-8-9-10-11-12-16-20(22)18-14-13-17-19(21)15-4-2/h19-22H,3-18H2,1-2H3. The first kappa shape index (κ1) is 21.9. The van der Waals surface area contributed by atoms with Gasteiger partial charge in [0, 0.05) is 0 Å². The number of unbranched alkanes of at least 4 members (excludes halogenated alkanes) is 9. The summed E-state index contributed by atoms with van der Waals surface area (Å²) >= 11 is 0. The number of hydrogen-bond donors (Lipinski definition) is 2. The van der Waals surface area contributed by atoms with E-state index in [0.717, 1.165) is 44.9 Å². The summed E-state index contributed by atoms with van der Waals surface area (Å²) in [6.45, 7) is 4.37. The highest BCUT2D eigenvalue weighted by atomic mass is 16.3. The first-order valence-corrected chi connectivity index (χ1v) is 10.1. The molecule has 0 aliphatic carbocycles. The van der Waals surface area contributed by atoms with Crippen LogP contribution in [0.4, 0.5) is 0 Å². The van der Waals surface area contributed by atoms with Crippen LogP contribution in [-0.4, -0.2) is 22.4 Å². The molecule has 0 heterocycles. The van der Waals surface area contributed by atoms with Gasteiger partial charge >= 0.3 is 0 Å². The van der Waals surface area contributed by atoms with E-state index < -0.39 is 0 Å². The predicted molar refractivity (Wildman–Crippen MR) is 97.2 cm³/mol. The lowest BCUT2D eigenvalue weighted by Gasteiger charge is -2.12. The third-order valence-electron chi connectivity index (χ3n) is 4.59. The van der Waals surface area contributed by atoms with Gasteiger partial charge in [-0.1, -0.05) is 90.9 Å².